The number of carboxylic acids is 1. The number of halogens is 4. The van der Waals surface area contributed by atoms with Crippen molar-refractivity contribution < 1.29 is 37.1 Å². The third-order valence-electron chi connectivity index (χ3n) is 4.34. The van der Waals surface area contributed by atoms with Crippen LogP contribution in [0.3, 0.4) is 0 Å². The van der Waals surface area contributed by atoms with E-state index < -0.39 is 24.1 Å². The molecule has 0 saturated carbocycles. The van der Waals surface area contributed by atoms with E-state index in [0.717, 1.165) is 11.1 Å². The molecule has 0 radical (unpaired) electrons. The van der Waals surface area contributed by atoms with Crippen molar-refractivity contribution in [2.45, 2.75) is 25.6 Å². The third-order valence-corrected chi connectivity index (χ3v) is 4.34. The lowest BCUT2D eigenvalue weighted by atomic mass is 10.0. The quantitative estimate of drug-likeness (QED) is 0.331. The average molecular weight is 495 g/mol. The van der Waals surface area contributed by atoms with Crippen molar-refractivity contribution in [1.82, 2.24) is 10.2 Å². The Morgan fingerprint density at radius 3 is 2.31 bits per heavy atom. The van der Waals surface area contributed by atoms with Crippen molar-refractivity contribution in [3.8, 4) is 11.1 Å². The highest BCUT2D eigenvalue weighted by Gasteiger charge is 2.38. The fourth-order valence-electron chi connectivity index (χ4n) is 2.77. The summed E-state index contributed by atoms with van der Waals surface area (Å²) in [7, 11) is 0. The second kappa shape index (κ2) is 11.7. The minimum atomic E-state index is -5.08. The smallest absolute Gasteiger partial charge is 0.475 e. The number of hydrogen-bond acceptors (Lipinski definition) is 5. The highest BCUT2D eigenvalue weighted by atomic mass is 19.4. The van der Waals surface area contributed by atoms with Crippen LogP contribution in [0.15, 0.2) is 54.9 Å². The molecule has 35 heavy (non-hydrogen) atoms. The number of rotatable bonds is 6. The molecule has 0 aliphatic heterocycles. The fourth-order valence-corrected chi connectivity index (χ4v) is 2.77. The molecular weight excluding hydrogens is 474 g/mol. The van der Waals surface area contributed by atoms with Crippen LogP contribution >= 0.6 is 0 Å². The Balaban J connectivity index is 0.000000540. The molecule has 0 spiro atoms. The van der Waals surface area contributed by atoms with Gasteiger partial charge in [0, 0.05) is 18.7 Å². The Morgan fingerprint density at radius 2 is 1.77 bits per heavy atom. The van der Waals surface area contributed by atoms with Gasteiger partial charge < -0.3 is 21.5 Å². The molecule has 2 amide bonds. The van der Waals surface area contributed by atoms with Crippen molar-refractivity contribution in [2.75, 3.05) is 10.6 Å². The van der Waals surface area contributed by atoms with Gasteiger partial charge in [-0.15, -0.1) is 0 Å². The van der Waals surface area contributed by atoms with Gasteiger partial charge in [0.05, 0.1) is 23.6 Å². The fraction of sp³-hybridized carbons (Fsp3) is 0.182. The van der Waals surface area contributed by atoms with Crippen LogP contribution in [0.5, 0.6) is 0 Å². The number of aromatic nitrogens is 2. The number of benzene rings is 2. The maximum absolute atomic E-state index is 13.3. The highest BCUT2D eigenvalue weighted by molar-refractivity contribution is 6.01. The number of carboxylic acid groups (broad SMARTS) is 1. The first-order chi connectivity index (χ1) is 16.4. The number of H-pyrrole nitrogens is 1. The Kier molecular flexibility index (Phi) is 9.05. The molecular formula is C22H21F4N5O4. The Hall–Kier alpha value is -4.26. The number of amides is 2. The van der Waals surface area contributed by atoms with Crippen molar-refractivity contribution >= 4 is 29.2 Å². The van der Waals surface area contributed by atoms with Gasteiger partial charge in [-0.05, 0) is 41.8 Å². The lowest BCUT2D eigenvalue weighted by molar-refractivity contribution is -0.192. The van der Waals surface area contributed by atoms with Crippen LogP contribution in [0.25, 0.3) is 11.1 Å². The molecule has 0 fully saturated rings. The maximum atomic E-state index is 13.3. The van der Waals surface area contributed by atoms with Crippen LogP contribution in [0.1, 0.15) is 12.5 Å². The van der Waals surface area contributed by atoms with Gasteiger partial charge in [0.1, 0.15) is 5.82 Å². The molecule has 6 N–H and O–H groups in total. The number of aromatic amines is 1. The largest absolute Gasteiger partial charge is 0.490 e. The lowest BCUT2D eigenvalue weighted by Gasteiger charge is -2.16. The summed E-state index contributed by atoms with van der Waals surface area (Å²) in [5.41, 5.74) is 9.11. The Morgan fingerprint density at radius 1 is 1.09 bits per heavy atom. The number of anilines is 2. The molecule has 2 aromatic carbocycles. The summed E-state index contributed by atoms with van der Waals surface area (Å²) >= 11 is 0. The van der Waals surface area contributed by atoms with Crippen molar-refractivity contribution in [3.63, 3.8) is 0 Å². The Labute approximate surface area is 196 Å². The molecule has 1 atom stereocenters. The molecule has 1 heterocycles. The number of carbonyl (C=O) groups excluding carboxylic acids is 2. The van der Waals surface area contributed by atoms with Crippen molar-refractivity contribution in [1.29, 1.82) is 0 Å². The minimum absolute atomic E-state index is 0.181. The second-order valence-corrected chi connectivity index (χ2v) is 7.16. The first-order valence-electron chi connectivity index (χ1n) is 9.88. The number of nitrogens with zero attached hydrogens (tertiary/aromatic N) is 1. The molecule has 3 aromatic rings. The number of aliphatic carboxylic acids is 1. The van der Waals surface area contributed by atoms with Gasteiger partial charge in [0.2, 0.25) is 11.8 Å². The van der Waals surface area contributed by atoms with Gasteiger partial charge >= 0.3 is 12.1 Å². The molecule has 9 nitrogen and oxygen atoms in total. The molecule has 186 valence electrons. The van der Waals surface area contributed by atoms with Gasteiger partial charge in [0.15, 0.2) is 0 Å². The number of hydrogen-bond donors (Lipinski definition) is 5. The summed E-state index contributed by atoms with van der Waals surface area (Å²) < 4.78 is 45.1. The summed E-state index contributed by atoms with van der Waals surface area (Å²) in [4.78, 5) is 32.9. The van der Waals surface area contributed by atoms with E-state index in [1.807, 2.05) is 0 Å². The molecule has 13 heteroatoms. The molecule has 0 bridgehead atoms. The van der Waals surface area contributed by atoms with Crippen LogP contribution in [0.2, 0.25) is 0 Å². The van der Waals surface area contributed by atoms with E-state index in [2.05, 4.69) is 20.8 Å². The van der Waals surface area contributed by atoms with Gasteiger partial charge in [-0.3, -0.25) is 14.7 Å². The molecule has 0 aliphatic rings. The van der Waals surface area contributed by atoms with Crippen LogP contribution in [0.4, 0.5) is 28.9 Å². The zero-order valence-corrected chi connectivity index (χ0v) is 18.2. The first kappa shape index (κ1) is 27.0. The average Bonchev–Trinajstić information content (AvgIpc) is 3.29. The number of carbonyl (C=O) groups is 3. The highest BCUT2D eigenvalue weighted by Crippen LogP contribution is 2.29. The van der Waals surface area contributed by atoms with E-state index in [9.17, 15) is 27.2 Å². The third kappa shape index (κ3) is 8.55. The number of nitrogens with two attached hydrogens (primary N) is 1. The molecule has 1 aromatic heterocycles. The molecule has 0 aliphatic carbocycles. The van der Waals surface area contributed by atoms with E-state index in [1.165, 1.54) is 19.1 Å². The van der Waals surface area contributed by atoms with Crippen molar-refractivity contribution in [3.05, 3.63) is 66.2 Å². The summed E-state index contributed by atoms with van der Waals surface area (Å²) in [6, 6.07) is 10.3. The molecule has 3 rings (SSSR count). The van der Waals surface area contributed by atoms with Crippen LogP contribution in [0, 0.1) is 5.82 Å². The van der Waals surface area contributed by atoms with Gasteiger partial charge in [-0.2, -0.15) is 18.3 Å². The topological polar surface area (TPSA) is 150 Å². The summed E-state index contributed by atoms with van der Waals surface area (Å²) in [6.07, 6.45) is -1.54. The van der Waals surface area contributed by atoms with Crippen LogP contribution < -0.4 is 16.4 Å². The Bertz CT molecular complexity index is 1180. The van der Waals surface area contributed by atoms with Crippen molar-refractivity contribution in [2.24, 2.45) is 5.73 Å². The van der Waals surface area contributed by atoms with Crippen LogP contribution in [-0.4, -0.2) is 45.3 Å². The van der Waals surface area contributed by atoms with Gasteiger partial charge in [-0.25, -0.2) is 9.18 Å². The molecule has 0 saturated heterocycles. The lowest BCUT2D eigenvalue weighted by Crippen LogP contribution is -2.37. The standard InChI is InChI=1S/C20H20FN5O2.C2HF3O2/c1-12(27)25-18-6-5-14(15-10-23-24-11-15)9-19(18)26-20(28)17(22)8-13-3-2-4-16(21)7-13;3-2(4,5)1(6)7/h2-7,9-11,17H,8,22H2,1H3,(H,23,24)(H,25,27)(H,26,28);(H,6,7)/t17-;/m1./s1. The predicted molar refractivity (Wildman–Crippen MR) is 119 cm³/mol. The van der Waals surface area contributed by atoms with E-state index in [0.29, 0.717) is 16.9 Å². The van der Waals surface area contributed by atoms with E-state index in [-0.39, 0.29) is 18.1 Å². The minimum Gasteiger partial charge on any atom is -0.475 e. The summed E-state index contributed by atoms with van der Waals surface area (Å²) in [5, 5.41) is 19.2. The monoisotopic (exact) mass is 495 g/mol. The van der Waals surface area contributed by atoms with E-state index >= 15 is 0 Å². The summed E-state index contributed by atoms with van der Waals surface area (Å²) in [5.74, 6) is -3.85. The zero-order valence-electron chi connectivity index (χ0n) is 18.2. The van der Waals surface area contributed by atoms with Gasteiger partial charge in [0.25, 0.3) is 0 Å². The van der Waals surface area contributed by atoms with Crippen LogP contribution in [-0.2, 0) is 20.8 Å². The maximum Gasteiger partial charge on any atom is 0.490 e. The summed E-state index contributed by atoms with van der Waals surface area (Å²) in [6.45, 7) is 1.38. The molecule has 0 unspecified atom stereocenters. The van der Waals surface area contributed by atoms with E-state index in [1.54, 1.807) is 42.7 Å². The normalized spacial score (nSPS) is 11.6. The number of nitrogens with one attached hydrogen (secondary N) is 3. The SMILES string of the molecule is CC(=O)Nc1ccc(-c2cn[nH]c2)cc1NC(=O)[C@H](N)Cc1cccc(F)c1.O=C(O)C(F)(F)F. The van der Waals surface area contributed by atoms with E-state index in [4.69, 9.17) is 15.6 Å². The predicted octanol–water partition coefficient (Wildman–Crippen LogP) is 3.32. The zero-order chi connectivity index (χ0) is 26.2. The van der Waals surface area contributed by atoms with Gasteiger partial charge in [-0.1, -0.05) is 18.2 Å². The number of alkyl halides is 3. The second-order valence-electron chi connectivity index (χ2n) is 7.16. The first-order valence-corrected chi connectivity index (χ1v) is 9.88.